The summed E-state index contributed by atoms with van der Waals surface area (Å²) >= 11 is 1.32. The highest BCUT2D eigenvalue weighted by molar-refractivity contribution is 8.00. The predicted octanol–water partition coefficient (Wildman–Crippen LogP) is 2.39. The summed E-state index contributed by atoms with van der Waals surface area (Å²) in [6.45, 7) is 4.04. The highest BCUT2D eigenvalue weighted by Crippen LogP contribution is 2.40. The molecule has 2 aliphatic rings. The van der Waals surface area contributed by atoms with Crippen molar-refractivity contribution in [2.45, 2.75) is 25.3 Å². The Morgan fingerprint density at radius 2 is 1.94 bits per heavy atom. The van der Waals surface area contributed by atoms with Gasteiger partial charge in [-0.3, -0.25) is 19.3 Å². The number of nitrogens with zero attached hydrogens (tertiary/aromatic N) is 1. The van der Waals surface area contributed by atoms with Gasteiger partial charge in [-0.15, -0.1) is 11.8 Å². The molecule has 0 unspecified atom stereocenters. The first kappa shape index (κ1) is 22.4. The van der Waals surface area contributed by atoms with Crippen LogP contribution in [0.3, 0.4) is 0 Å². The van der Waals surface area contributed by atoms with E-state index in [4.69, 9.17) is 0 Å². The standard InChI is InChI=1S/C20H16N2O6S.C2H6/c23-10-28-8-12-9-29-19-15(18(25)22(19)16(12)20(26)27)21-17(24)14-7-3-5-11-4-1-2-6-13(11)14;1-2/h1-7,10,15,19H,8-9H2,(H,21,24)(H,26,27);1-2H3/t15-,19-;/m1./s1. The first-order valence-corrected chi connectivity index (χ1v) is 10.8. The van der Waals surface area contributed by atoms with E-state index in [0.29, 0.717) is 11.1 Å². The molecule has 4 rings (SSSR count). The molecule has 2 heterocycles. The first-order chi connectivity index (χ1) is 15.0. The molecule has 2 N–H and O–H groups in total. The van der Waals surface area contributed by atoms with Crippen LogP contribution in [-0.4, -0.2) is 58.0 Å². The number of nitrogens with one attached hydrogen (secondary N) is 1. The molecule has 0 aromatic heterocycles. The lowest BCUT2D eigenvalue weighted by Gasteiger charge is -2.49. The Hall–Kier alpha value is -3.33. The number of fused-ring (bicyclic) bond motifs is 2. The molecule has 0 spiro atoms. The second-order valence-corrected chi connectivity index (χ2v) is 7.66. The Morgan fingerprint density at radius 1 is 1.23 bits per heavy atom. The minimum atomic E-state index is -1.27. The summed E-state index contributed by atoms with van der Waals surface area (Å²) in [6, 6.07) is 12.0. The van der Waals surface area contributed by atoms with Crippen molar-refractivity contribution in [1.82, 2.24) is 10.2 Å². The SMILES string of the molecule is CC.O=COCC1=C(C(=O)O)N2C(=O)[C@@H](NC(=O)c3cccc4ccccc34)[C@H]2SC1. The number of carboxylic acids is 1. The lowest BCUT2D eigenvalue weighted by Crippen LogP contribution is -2.70. The number of carboxylic acid groups (broad SMARTS) is 1. The zero-order valence-corrected chi connectivity index (χ0v) is 17.8. The van der Waals surface area contributed by atoms with Crippen molar-refractivity contribution >= 4 is 46.8 Å². The lowest BCUT2D eigenvalue weighted by atomic mass is 10.0. The summed E-state index contributed by atoms with van der Waals surface area (Å²) in [7, 11) is 0. The molecule has 2 aromatic rings. The molecule has 1 fully saturated rings. The van der Waals surface area contributed by atoms with Crippen LogP contribution in [0.25, 0.3) is 10.8 Å². The lowest BCUT2D eigenvalue weighted by molar-refractivity contribution is -0.149. The third-order valence-electron chi connectivity index (χ3n) is 4.90. The Kier molecular flexibility index (Phi) is 6.96. The fourth-order valence-corrected chi connectivity index (χ4v) is 4.90. The van der Waals surface area contributed by atoms with Crippen molar-refractivity contribution in [2.75, 3.05) is 12.4 Å². The van der Waals surface area contributed by atoms with Gasteiger partial charge in [0.2, 0.25) is 0 Å². The molecule has 2 amide bonds. The number of hydrogen-bond donors (Lipinski definition) is 2. The molecule has 8 nitrogen and oxygen atoms in total. The van der Waals surface area contributed by atoms with E-state index in [0.717, 1.165) is 15.7 Å². The van der Waals surface area contributed by atoms with Crippen LogP contribution in [-0.2, 0) is 19.1 Å². The van der Waals surface area contributed by atoms with Gasteiger partial charge >= 0.3 is 5.97 Å². The Balaban J connectivity index is 0.00000132. The number of thioether (sulfide) groups is 1. The number of rotatable bonds is 6. The molecule has 162 valence electrons. The van der Waals surface area contributed by atoms with Crippen LogP contribution in [0.2, 0.25) is 0 Å². The van der Waals surface area contributed by atoms with Gasteiger partial charge in [0.15, 0.2) is 0 Å². The van der Waals surface area contributed by atoms with Gasteiger partial charge in [-0.1, -0.05) is 50.2 Å². The van der Waals surface area contributed by atoms with Gasteiger partial charge in [-0.05, 0) is 16.8 Å². The minimum Gasteiger partial charge on any atom is -0.477 e. The van der Waals surface area contributed by atoms with E-state index in [1.165, 1.54) is 11.8 Å². The number of amides is 2. The fraction of sp³-hybridized carbons (Fsp3) is 0.273. The predicted molar refractivity (Wildman–Crippen MR) is 116 cm³/mol. The van der Waals surface area contributed by atoms with Crippen LogP contribution in [0.1, 0.15) is 24.2 Å². The quantitative estimate of drug-likeness (QED) is 0.522. The number of carbonyl (C=O) groups excluding carboxylic acids is 3. The first-order valence-electron chi connectivity index (χ1n) is 9.77. The number of hydrogen-bond acceptors (Lipinski definition) is 6. The van der Waals surface area contributed by atoms with E-state index in [1.807, 2.05) is 44.2 Å². The average Bonchev–Trinajstić information content (AvgIpc) is 2.81. The molecule has 0 bridgehead atoms. The van der Waals surface area contributed by atoms with Gasteiger partial charge < -0.3 is 15.2 Å². The maximum absolute atomic E-state index is 12.8. The summed E-state index contributed by atoms with van der Waals surface area (Å²) in [5, 5.41) is 13.4. The molecule has 0 radical (unpaired) electrons. The van der Waals surface area contributed by atoms with Crippen molar-refractivity contribution < 1.29 is 29.0 Å². The molecule has 0 aliphatic carbocycles. The maximum atomic E-state index is 12.8. The molecule has 2 atom stereocenters. The summed E-state index contributed by atoms with van der Waals surface area (Å²) < 4.78 is 4.66. The van der Waals surface area contributed by atoms with Crippen LogP contribution in [0.5, 0.6) is 0 Å². The van der Waals surface area contributed by atoms with Gasteiger partial charge in [-0.2, -0.15) is 0 Å². The molecule has 2 aromatic carbocycles. The topological polar surface area (TPSA) is 113 Å². The normalized spacial score (nSPS) is 19.5. The number of aliphatic carboxylic acids is 1. The van der Waals surface area contributed by atoms with Crippen molar-refractivity contribution in [1.29, 1.82) is 0 Å². The molecule has 31 heavy (non-hydrogen) atoms. The Morgan fingerprint density at radius 3 is 2.65 bits per heavy atom. The smallest absolute Gasteiger partial charge is 0.352 e. The highest BCUT2D eigenvalue weighted by Gasteiger charge is 2.54. The van der Waals surface area contributed by atoms with Crippen LogP contribution < -0.4 is 5.32 Å². The van der Waals surface area contributed by atoms with E-state index in [-0.39, 0.29) is 24.5 Å². The zero-order valence-electron chi connectivity index (χ0n) is 17.0. The minimum absolute atomic E-state index is 0.184. The zero-order chi connectivity index (χ0) is 22.5. The second-order valence-electron chi connectivity index (χ2n) is 6.55. The van der Waals surface area contributed by atoms with E-state index in [9.17, 15) is 24.3 Å². The number of carbonyl (C=O) groups is 4. The van der Waals surface area contributed by atoms with Crippen LogP contribution in [0.15, 0.2) is 53.7 Å². The highest BCUT2D eigenvalue weighted by atomic mass is 32.2. The van der Waals surface area contributed by atoms with E-state index in [2.05, 4.69) is 10.1 Å². The monoisotopic (exact) mass is 442 g/mol. The average molecular weight is 442 g/mol. The van der Waals surface area contributed by atoms with Gasteiger partial charge in [0.25, 0.3) is 18.3 Å². The molecule has 1 saturated heterocycles. The third kappa shape index (κ3) is 4.13. The second kappa shape index (κ2) is 9.65. The Bertz CT molecular complexity index is 1060. The van der Waals surface area contributed by atoms with Gasteiger partial charge in [-0.25, -0.2) is 4.79 Å². The van der Waals surface area contributed by atoms with Crippen molar-refractivity contribution in [2.24, 2.45) is 0 Å². The molecule has 0 saturated carbocycles. The maximum Gasteiger partial charge on any atom is 0.352 e. The van der Waals surface area contributed by atoms with Gasteiger partial charge in [0, 0.05) is 16.9 Å². The van der Waals surface area contributed by atoms with Gasteiger partial charge in [0.1, 0.15) is 23.7 Å². The molecular weight excluding hydrogens is 420 g/mol. The summed E-state index contributed by atoms with van der Waals surface area (Å²) in [6.07, 6.45) is 0. The van der Waals surface area contributed by atoms with Crippen molar-refractivity contribution in [3.8, 4) is 0 Å². The third-order valence-corrected chi connectivity index (χ3v) is 6.24. The molecule has 9 heteroatoms. The van der Waals surface area contributed by atoms with Crippen molar-refractivity contribution in [3.63, 3.8) is 0 Å². The van der Waals surface area contributed by atoms with Crippen molar-refractivity contribution in [3.05, 3.63) is 59.3 Å². The van der Waals surface area contributed by atoms with Gasteiger partial charge in [0.05, 0.1) is 0 Å². The van der Waals surface area contributed by atoms with Crippen LogP contribution in [0.4, 0.5) is 0 Å². The Labute approximate surface area is 183 Å². The molecule has 2 aliphatic heterocycles. The largest absolute Gasteiger partial charge is 0.477 e. The molecular formula is C22H22N2O6S. The van der Waals surface area contributed by atoms with Crippen LogP contribution >= 0.6 is 11.8 Å². The number of ether oxygens (including phenoxy) is 1. The van der Waals surface area contributed by atoms with E-state index >= 15 is 0 Å². The summed E-state index contributed by atoms with van der Waals surface area (Å²) in [5.41, 5.74) is 0.610. The van der Waals surface area contributed by atoms with E-state index in [1.54, 1.807) is 12.1 Å². The fourth-order valence-electron chi connectivity index (χ4n) is 3.57. The van der Waals surface area contributed by atoms with E-state index < -0.39 is 29.2 Å². The van der Waals surface area contributed by atoms with Crippen LogP contribution in [0, 0.1) is 0 Å². The summed E-state index contributed by atoms with van der Waals surface area (Å²) in [4.78, 5) is 48.7. The number of benzene rings is 2. The summed E-state index contributed by atoms with van der Waals surface area (Å²) in [5.74, 6) is -1.88. The number of β-lactam (4-membered cyclic amide) rings is 1.